The lowest BCUT2D eigenvalue weighted by Crippen LogP contribution is -2.49. The van der Waals surface area contributed by atoms with Gasteiger partial charge in [-0.05, 0) is 42.3 Å². The second-order valence-corrected chi connectivity index (χ2v) is 7.08. The molecule has 0 aliphatic carbocycles. The number of amides is 4. The first-order valence-corrected chi connectivity index (χ1v) is 9.76. The fraction of sp³-hybridized carbons (Fsp3) is 0.273. The summed E-state index contributed by atoms with van der Waals surface area (Å²) in [4.78, 5) is 27.9. The van der Waals surface area contributed by atoms with E-state index in [1.807, 2.05) is 0 Å². The second-order valence-electron chi connectivity index (χ2n) is 7.08. The molecule has 2 aromatic rings. The zero-order chi connectivity index (χ0) is 22.4. The van der Waals surface area contributed by atoms with Gasteiger partial charge in [-0.3, -0.25) is 4.90 Å². The van der Waals surface area contributed by atoms with Crippen molar-refractivity contribution in [1.82, 2.24) is 10.2 Å². The van der Waals surface area contributed by atoms with Crippen LogP contribution in [0, 0.1) is 0 Å². The minimum atomic E-state index is -4.43. The van der Waals surface area contributed by atoms with Gasteiger partial charge < -0.3 is 15.5 Å². The van der Waals surface area contributed by atoms with Crippen LogP contribution < -0.4 is 15.5 Å². The van der Waals surface area contributed by atoms with E-state index in [9.17, 15) is 22.8 Å². The van der Waals surface area contributed by atoms with Gasteiger partial charge in [0.2, 0.25) is 0 Å². The number of nitrogens with zero attached hydrogens (tertiary/aromatic N) is 2. The molecular weight excluding hydrogens is 409 g/mol. The molecule has 1 saturated heterocycles. The average Bonchev–Trinajstić information content (AvgIpc) is 2.73. The molecule has 31 heavy (non-hydrogen) atoms. The molecule has 4 amide bonds. The molecule has 1 aliphatic rings. The molecule has 0 saturated carbocycles. The third-order valence-corrected chi connectivity index (χ3v) is 4.76. The van der Waals surface area contributed by atoms with Crippen LogP contribution >= 0.6 is 0 Å². The van der Waals surface area contributed by atoms with Gasteiger partial charge in [-0.2, -0.15) is 13.2 Å². The van der Waals surface area contributed by atoms with Gasteiger partial charge in [-0.1, -0.05) is 24.3 Å². The molecular formula is C22H23F3N4O2. The van der Waals surface area contributed by atoms with Crippen molar-refractivity contribution >= 4 is 23.4 Å². The number of nitrogens with one attached hydrogen (secondary N) is 2. The van der Waals surface area contributed by atoms with E-state index in [-0.39, 0.29) is 12.6 Å². The van der Waals surface area contributed by atoms with Crippen LogP contribution in [0.1, 0.15) is 17.5 Å². The highest BCUT2D eigenvalue weighted by Gasteiger charge is 2.31. The van der Waals surface area contributed by atoms with Gasteiger partial charge in [0, 0.05) is 37.6 Å². The highest BCUT2D eigenvalue weighted by atomic mass is 19.4. The van der Waals surface area contributed by atoms with Crippen LogP contribution in [0.15, 0.2) is 61.2 Å². The summed E-state index contributed by atoms with van der Waals surface area (Å²) in [5, 5.41) is 5.29. The number of hydrogen-bond donors (Lipinski definition) is 2. The Morgan fingerprint density at radius 2 is 1.90 bits per heavy atom. The van der Waals surface area contributed by atoms with Crippen molar-refractivity contribution < 1.29 is 22.8 Å². The minimum absolute atomic E-state index is 0.0845. The summed E-state index contributed by atoms with van der Waals surface area (Å²) < 4.78 is 38.9. The highest BCUT2D eigenvalue weighted by Crippen LogP contribution is 2.30. The summed E-state index contributed by atoms with van der Waals surface area (Å²) in [7, 11) is 0. The first kappa shape index (κ1) is 22.2. The van der Waals surface area contributed by atoms with Crippen molar-refractivity contribution in [1.29, 1.82) is 0 Å². The predicted octanol–water partition coefficient (Wildman–Crippen LogP) is 4.85. The standard InChI is InChI=1S/C22H23F3N4O2/c1-2-10-26-20(30)27-18-8-4-9-19(14-18)29-12-5-11-28(21(29)31)15-16-6-3-7-17(13-16)22(23,24)25/h2-4,6-9,13-14H,1,5,10-12,15H2,(H2,26,27,30). The minimum Gasteiger partial charge on any atom is -0.334 e. The zero-order valence-corrected chi connectivity index (χ0v) is 16.8. The Balaban J connectivity index is 1.72. The first-order chi connectivity index (χ1) is 14.8. The molecule has 0 unspecified atom stereocenters. The van der Waals surface area contributed by atoms with Crippen LogP contribution in [0.25, 0.3) is 0 Å². The fourth-order valence-electron chi connectivity index (χ4n) is 3.33. The maximum atomic E-state index is 13.0. The van der Waals surface area contributed by atoms with Gasteiger partial charge in [0.1, 0.15) is 0 Å². The topological polar surface area (TPSA) is 64.7 Å². The van der Waals surface area contributed by atoms with Gasteiger partial charge in [0.15, 0.2) is 0 Å². The predicted molar refractivity (Wildman–Crippen MR) is 113 cm³/mol. The van der Waals surface area contributed by atoms with Crippen molar-refractivity contribution in [2.75, 3.05) is 29.9 Å². The Morgan fingerprint density at radius 1 is 1.13 bits per heavy atom. The lowest BCUT2D eigenvalue weighted by atomic mass is 10.1. The van der Waals surface area contributed by atoms with Crippen LogP contribution in [0.4, 0.5) is 34.1 Å². The molecule has 2 N–H and O–H groups in total. The Hall–Kier alpha value is -3.49. The Morgan fingerprint density at radius 3 is 2.65 bits per heavy atom. The van der Waals surface area contributed by atoms with E-state index in [1.54, 1.807) is 41.3 Å². The number of carbonyl (C=O) groups excluding carboxylic acids is 2. The number of urea groups is 2. The van der Waals surface area contributed by atoms with E-state index in [0.29, 0.717) is 43.0 Å². The van der Waals surface area contributed by atoms with Crippen LogP contribution in [0.2, 0.25) is 0 Å². The molecule has 9 heteroatoms. The van der Waals surface area contributed by atoms with E-state index in [2.05, 4.69) is 17.2 Å². The molecule has 3 rings (SSSR count). The normalized spacial score (nSPS) is 14.4. The molecule has 1 heterocycles. The molecule has 0 bridgehead atoms. The van der Waals surface area contributed by atoms with Crippen LogP contribution in [0.5, 0.6) is 0 Å². The number of benzene rings is 2. The number of rotatable bonds is 6. The maximum Gasteiger partial charge on any atom is 0.416 e. The van der Waals surface area contributed by atoms with E-state index in [4.69, 9.17) is 0 Å². The number of halogens is 3. The first-order valence-electron chi connectivity index (χ1n) is 9.76. The highest BCUT2D eigenvalue weighted by molar-refractivity contribution is 5.95. The van der Waals surface area contributed by atoms with Gasteiger partial charge >= 0.3 is 18.2 Å². The largest absolute Gasteiger partial charge is 0.416 e. The van der Waals surface area contributed by atoms with E-state index in [1.165, 1.54) is 11.0 Å². The number of alkyl halides is 3. The monoisotopic (exact) mass is 432 g/mol. The fourth-order valence-corrected chi connectivity index (χ4v) is 3.33. The average molecular weight is 432 g/mol. The second kappa shape index (κ2) is 9.55. The molecule has 164 valence electrons. The van der Waals surface area contributed by atoms with E-state index >= 15 is 0 Å². The molecule has 1 aliphatic heterocycles. The van der Waals surface area contributed by atoms with Gasteiger partial charge in [-0.25, -0.2) is 9.59 Å². The summed E-state index contributed by atoms with van der Waals surface area (Å²) in [6.07, 6.45) is -2.21. The van der Waals surface area contributed by atoms with Crippen molar-refractivity contribution in [2.45, 2.75) is 19.1 Å². The Kier molecular flexibility index (Phi) is 6.84. The third-order valence-electron chi connectivity index (χ3n) is 4.76. The van der Waals surface area contributed by atoms with E-state index in [0.717, 1.165) is 12.1 Å². The molecule has 6 nitrogen and oxygen atoms in total. The summed E-state index contributed by atoms with van der Waals surface area (Å²) >= 11 is 0. The quantitative estimate of drug-likeness (QED) is 0.642. The lowest BCUT2D eigenvalue weighted by molar-refractivity contribution is -0.137. The third kappa shape index (κ3) is 5.78. The summed E-state index contributed by atoms with van der Waals surface area (Å²) in [5.41, 5.74) is 0.793. The molecule has 2 aromatic carbocycles. The smallest absolute Gasteiger partial charge is 0.334 e. The SMILES string of the molecule is C=CCNC(=O)Nc1cccc(N2CCCN(Cc3cccc(C(F)(F)F)c3)C2=O)c1. The number of anilines is 2. The van der Waals surface area contributed by atoms with E-state index < -0.39 is 17.8 Å². The van der Waals surface area contributed by atoms with Crippen LogP contribution in [0.3, 0.4) is 0 Å². The molecule has 1 fully saturated rings. The van der Waals surface area contributed by atoms with Crippen molar-refractivity contribution in [3.05, 3.63) is 72.3 Å². The van der Waals surface area contributed by atoms with Gasteiger partial charge in [0.25, 0.3) is 0 Å². The Labute approximate surface area is 178 Å². The van der Waals surface area contributed by atoms with Gasteiger partial charge in [0.05, 0.1) is 5.56 Å². The van der Waals surface area contributed by atoms with Crippen LogP contribution in [-0.2, 0) is 12.7 Å². The lowest BCUT2D eigenvalue weighted by Gasteiger charge is -2.36. The maximum absolute atomic E-state index is 13.0. The molecule has 0 atom stereocenters. The number of hydrogen-bond acceptors (Lipinski definition) is 2. The zero-order valence-electron chi connectivity index (χ0n) is 16.8. The van der Waals surface area contributed by atoms with Crippen molar-refractivity contribution in [3.63, 3.8) is 0 Å². The van der Waals surface area contributed by atoms with Crippen LogP contribution in [-0.4, -0.2) is 36.6 Å². The van der Waals surface area contributed by atoms with Crippen molar-refractivity contribution in [3.8, 4) is 0 Å². The molecule has 0 spiro atoms. The van der Waals surface area contributed by atoms with Crippen molar-refractivity contribution in [2.24, 2.45) is 0 Å². The van der Waals surface area contributed by atoms with Gasteiger partial charge in [-0.15, -0.1) is 6.58 Å². The molecule has 0 radical (unpaired) electrons. The number of carbonyl (C=O) groups is 2. The Bertz CT molecular complexity index is 962. The molecule has 0 aromatic heterocycles. The summed E-state index contributed by atoms with van der Waals surface area (Å²) in [6.45, 7) is 4.86. The summed E-state index contributed by atoms with van der Waals surface area (Å²) in [5.74, 6) is 0. The summed E-state index contributed by atoms with van der Waals surface area (Å²) in [6, 6.07) is 11.2.